The van der Waals surface area contributed by atoms with Crippen LogP contribution in [0.15, 0.2) is 23.5 Å². The van der Waals surface area contributed by atoms with Crippen LogP contribution in [0.1, 0.15) is 24.3 Å². The summed E-state index contributed by atoms with van der Waals surface area (Å²) >= 11 is 1.47. The number of thioether (sulfide) groups is 1. The van der Waals surface area contributed by atoms with Crippen molar-refractivity contribution in [1.29, 1.82) is 0 Å². The number of amides is 1. The minimum atomic E-state index is -0.553. The van der Waals surface area contributed by atoms with Gasteiger partial charge in [-0.3, -0.25) is 9.48 Å². The molecule has 0 spiro atoms. The fourth-order valence-corrected chi connectivity index (χ4v) is 2.95. The predicted octanol–water partition coefficient (Wildman–Crippen LogP) is 2.21. The monoisotopic (exact) mass is 380 g/mol. The van der Waals surface area contributed by atoms with E-state index >= 15 is 0 Å². The molecule has 0 aliphatic heterocycles. The predicted molar refractivity (Wildman–Crippen MR) is 103 cm³/mol. The fourth-order valence-electron chi connectivity index (χ4n) is 2.61. The minimum absolute atomic E-state index is 0. The molecule has 25 heavy (non-hydrogen) atoms. The molecule has 0 bridgehead atoms. The average Bonchev–Trinajstić information content (AvgIpc) is 2.93. The molecule has 1 aromatic carbocycles. The van der Waals surface area contributed by atoms with Gasteiger partial charge in [0.2, 0.25) is 0 Å². The highest BCUT2D eigenvalue weighted by Gasteiger charge is 2.23. The SMILES string of the molecule is CSc1ncc2ccc3c(C(N)=O)nn(CC(C)(C)CN)c3c2n1.Cl. The van der Waals surface area contributed by atoms with Crippen LogP contribution in [0.5, 0.6) is 0 Å². The Labute approximate surface area is 156 Å². The quantitative estimate of drug-likeness (QED) is 0.518. The van der Waals surface area contributed by atoms with Crippen LogP contribution < -0.4 is 11.5 Å². The summed E-state index contributed by atoms with van der Waals surface area (Å²) in [5.41, 5.74) is 13.0. The van der Waals surface area contributed by atoms with Gasteiger partial charge in [-0.15, -0.1) is 12.4 Å². The summed E-state index contributed by atoms with van der Waals surface area (Å²) in [6, 6.07) is 3.73. The number of hydrogen-bond donors (Lipinski definition) is 2. The van der Waals surface area contributed by atoms with Gasteiger partial charge in [-0.05, 0) is 24.3 Å². The summed E-state index contributed by atoms with van der Waals surface area (Å²) in [6.45, 7) is 5.16. The molecule has 0 saturated heterocycles. The second-order valence-corrected chi connectivity index (χ2v) is 7.27. The van der Waals surface area contributed by atoms with Crippen molar-refractivity contribution in [3.05, 3.63) is 24.0 Å². The molecule has 0 fully saturated rings. The Bertz CT molecular complexity index is 939. The van der Waals surface area contributed by atoms with Gasteiger partial charge < -0.3 is 11.5 Å². The van der Waals surface area contributed by atoms with Crippen LogP contribution in [0, 0.1) is 5.41 Å². The van der Waals surface area contributed by atoms with Crippen LogP contribution in [-0.2, 0) is 6.54 Å². The van der Waals surface area contributed by atoms with E-state index in [0.29, 0.717) is 23.6 Å². The highest BCUT2D eigenvalue weighted by atomic mass is 35.5. The Balaban J connectivity index is 0.00000225. The van der Waals surface area contributed by atoms with Crippen molar-refractivity contribution < 1.29 is 4.79 Å². The first kappa shape index (κ1) is 19.4. The molecule has 3 aromatic rings. The first-order valence-corrected chi connectivity index (χ1v) is 8.79. The van der Waals surface area contributed by atoms with E-state index in [1.54, 1.807) is 10.9 Å². The van der Waals surface area contributed by atoms with Crippen molar-refractivity contribution >= 4 is 51.9 Å². The molecular weight excluding hydrogens is 360 g/mol. The van der Waals surface area contributed by atoms with Crippen molar-refractivity contribution in [3.63, 3.8) is 0 Å². The molecule has 0 atom stereocenters. The van der Waals surface area contributed by atoms with Gasteiger partial charge in [0.15, 0.2) is 10.9 Å². The Morgan fingerprint density at radius 1 is 1.36 bits per heavy atom. The van der Waals surface area contributed by atoms with Crippen LogP contribution in [0.4, 0.5) is 0 Å². The van der Waals surface area contributed by atoms with Gasteiger partial charge in [0.05, 0.1) is 5.52 Å². The Hall–Kier alpha value is -1.90. The van der Waals surface area contributed by atoms with Crippen LogP contribution in [-0.4, -0.2) is 38.5 Å². The minimum Gasteiger partial charge on any atom is -0.364 e. The first-order chi connectivity index (χ1) is 11.4. The lowest BCUT2D eigenvalue weighted by Crippen LogP contribution is -2.29. The van der Waals surface area contributed by atoms with Gasteiger partial charge in [-0.2, -0.15) is 5.10 Å². The number of aromatic nitrogens is 4. The molecule has 2 aromatic heterocycles. The normalized spacial score (nSPS) is 11.7. The maximum atomic E-state index is 11.8. The summed E-state index contributed by atoms with van der Waals surface area (Å²) in [5.74, 6) is -0.553. The summed E-state index contributed by atoms with van der Waals surface area (Å²) in [4.78, 5) is 20.7. The zero-order valence-corrected chi connectivity index (χ0v) is 15.9. The maximum Gasteiger partial charge on any atom is 0.269 e. The van der Waals surface area contributed by atoms with Crippen molar-refractivity contribution in [3.8, 4) is 0 Å². The summed E-state index contributed by atoms with van der Waals surface area (Å²) in [5, 5.41) is 6.71. The number of hydrogen-bond acceptors (Lipinski definition) is 6. The van der Waals surface area contributed by atoms with Gasteiger partial charge in [0.1, 0.15) is 5.52 Å². The van der Waals surface area contributed by atoms with Crippen molar-refractivity contribution in [2.24, 2.45) is 16.9 Å². The number of halogens is 1. The third kappa shape index (κ3) is 3.56. The lowest BCUT2D eigenvalue weighted by Gasteiger charge is -2.22. The highest BCUT2D eigenvalue weighted by molar-refractivity contribution is 7.98. The van der Waals surface area contributed by atoms with Gasteiger partial charge >= 0.3 is 0 Å². The molecule has 3 rings (SSSR count). The Morgan fingerprint density at radius 2 is 2.08 bits per heavy atom. The van der Waals surface area contributed by atoms with Gasteiger partial charge in [0.25, 0.3) is 5.91 Å². The number of benzene rings is 1. The molecular formula is C16H21ClN6OS. The first-order valence-electron chi connectivity index (χ1n) is 7.56. The molecule has 0 unspecified atom stereocenters. The zero-order chi connectivity index (χ0) is 17.5. The van der Waals surface area contributed by atoms with Crippen molar-refractivity contribution in [2.75, 3.05) is 12.8 Å². The van der Waals surface area contributed by atoms with Crippen LogP contribution in [0.3, 0.4) is 0 Å². The van der Waals surface area contributed by atoms with E-state index in [2.05, 4.69) is 28.9 Å². The number of nitrogens with two attached hydrogens (primary N) is 2. The van der Waals surface area contributed by atoms with E-state index in [0.717, 1.165) is 16.4 Å². The number of nitrogens with zero attached hydrogens (tertiary/aromatic N) is 4. The topological polar surface area (TPSA) is 113 Å². The van der Waals surface area contributed by atoms with E-state index in [1.165, 1.54) is 11.8 Å². The standard InChI is InChI=1S/C16H20N6OS.ClH/c1-16(2,7-17)8-22-13-10(12(21-22)14(18)23)5-4-9-6-19-15(24-3)20-11(9)13;/h4-6H,7-8,17H2,1-3H3,(H2,18,23);1H. The lowest BCUT2D eigenvalue weighted by molar-refractivity contribution is 0.0995. The molecule has 9 heteroatoms. The van der Waals surface area contributed by atoms with E-state index < -0.39 is 5.91 Å². The van der Waals surface area contributed by atoms with Crippen LogP contribution in [0.2, 0.25) is 0 Å². The van der Waals surface area contributed by atoms with Gasteiger partial charge in [-0.25, -0.2) is 9.97 Å². The zero-order valence-electron chi connectivity index (χ0n) is 14.3. The van der Waals surface area contributed by atoms with Crippen LogP contribution in [0.25, 0.3) is 21.8 Å². The smallest absolute Gasteiger partial charge is 0.269 e. The molecule has 7 nitrogen and oxygen atoms in total. The number of primary amides is 1. The molecule has 0 saturated carbocycles. The maximum absolute atomic E-state index is 11.8. The van der Waals surface area contributed by atoms with E-state index in [4.69, 9.17) is 11.5 Å². The molecule has 4 N–H and O–H groups in total. The fraction of sp³-hybridized carbons (Fsp3) is 0.375. The van der Waals surface area contributed by atoms with Gasteiger partial charge in [-0.1, -0.05) is 31.7 Å². The number of fused-ring (bicyclic) bond motifs is 3. The van der Waals surface area contributed by atoms with Gasteiger partial charge in [0, 0.05) is 23.5 Å². The number of rotatable bonds is 5. The summed E-state index contributed by atoms with van der Waals surface area (Å²) in [6.07, 6.45) is 3.70. The molecule has 2 heterocycles. The molecule has 0 aliphatic rings. The second-order valence-electron chi connectivity index (χ2n) is 6.50. The third-order valence-corrected chi connectivity index (χ3v) is 4.55. The third-order valence-electron chi connectivity index (χ3n) is 3.98. The molecule has 1 amide bonds. The number of carbonyl (C=O) groups is 1. The highest BCUT2D eigenvalue weighted by Crippen LogP contribution is 2.29. The lowest BCUT2D eigenvalue weighted by atomic mass is 9.94. The largest absolute Gasteiger partial charge is 0.364 e. The Morgan fingerprint density at radius 3 is 2.68 bits per heavy atom. The van der Waals surface area contributed by atoms with Crippen LogP contribution >= 0.6 is 24.2 Å². The molecule has 0 aliphatic carbocycles. The number of carbonyl (C=O) groups excluding carboxylic acids is 1. The van der Waals surface area contributed by atoms with E-state index in [1.807, 2.05) is 18.4 Å². The molecule has 134 valence electrons. The molecule has 0 radical (unpaired) electrons. The van der Waals surface area contributed by atoms with Crippen molar-refractivity contribution in [1.82, 2.24) is 19.7 Å². The van der Waals surface area contributed by atoms with E-state index in [9.17, 15) is 4.79 Å². The average molecular weight is 381 g/mol. The second kappa shape index (κ2) is 7.15. The van der Waals surface area contributed by atoms with E-state index in [-0.39, 0.29) is 23.5 Å². The Kier molecular flexibility index (Phi) is 5.55. The summed E-state index contributed by atoms with van der Waals surface area (Å²) < 4.78 is 1.79. The van der Waals surface area contributed by atoms with Crippen molar-refractivity contribution in [2.45, 2.75) is 25.5 Å². The summed E-state index contributed by atoms with van der Waals surface area (Å²) in [7, 11) is 0.